The lowest BCUT2D eigenvalue weighted by Gasteiger charge is -2.30. The van der Waals surface area contributed by atoms with Crippen molar-refractivity contribution >= 4 is 35.0 Å². The van der Waals surface area contributed by atoms with E-state index in [2.05, 4.69) is 20.6 Å². The summed E-state index contributed by atoms with van der Waals surface area (Å²) >= 11 is 5.93. The number of anilines is 2. The molecule has 1 saturated carbocycles. The third-order valence-electron chi connectivity index (χ3n) is 8.68. The highest BCUT2D eigenvalue weighted by Gasteiger charge is 2.49. The van der Waals surface area contributed by atoms with E-state index in [9.17, 15) is 14.7 Å². The lowest BCUT2D eigenvalue weighted by molar-refractivity contribution is -0.119. The van der Waals surface area contributed by atoms with Gasteiger partial charge in [-0.15, -0.1) is 0 Å². The molecule has 2 aromatic carbocycles. The molecule has 9 nitrogen and oxygen atoms in total. The maximum absolute atomic E-state index is 15.3. The number of β-amino-alcohol motifs (C(OH)–C–C–N with tert-alkyl or cyclic N) is 1. The summed E-state index contributed by atoms with van der Waals surface area (Å²) in [6, 6.07) is 20.1. The Kier molecular flexibility index (Phi) is 8.54. The van der Waals surface area contributed by atoms with Crippen LogP contribution in [-0.4, -0.2) is 44.5 Å². The zero-order valence-corrected chi connectivity index (χ0v) is 25.3. The minimum atomic E-state index is -1.53. The molecule has 2 aromatic heterocycles. The van der Waals surface area contributed by atoms with Crippen LogP contribution in [0, 0.1) is 11.7 Å². The minimum Gasteiger partial charge on any atom is -0.383 e. The molecule has 45 heavy (non-hydrogen) atoms. The van der Waals surface area contributed by atoms with E-state index in [0.29, 0.717) is 34.2 Å². The highest BCUT2D eigenvalue weighted by molar-refractivity contribution is 6.30. The van der Waals surface area contributed by atoms with Gasteiger partial charge < -0.3 is 21.1 Å². The Bertz CT molecular complexity index is 1670. The molecule has 5 N–H and O–H groups in total. The number of hydrogen-bond acceptors (Lipinski definition) is 6. The fourth-order valence-electron chi connectivity index (χ4n) is 5.92. The molecule has 2 aliphatic rings. The molecular formula is C34H34ClFN6O3. The molecule has 1 saturated heterocycles. The highest BCUT2D eigenvalue weighted by Crippen LogP contribution is 2.41. The molecule has 4 aromatic rings. The second kappa shape index (κ2) is 12.5. The predicted molar refractivity (Wildman–Crippen MR) is 170 cm³/mol. The number of urea groups is 1. The Labute approximate surface area is 265 Å². The monoisotopic (exact) mass is 628 g/mol. The number of rotatable bonds is 9. The first-order chi connectivity index (χ1) is 21.6. The zero-order chi connectivity index (χ0) is 31.6. The number of hydrogen-bond donors (Lipinski definition) is 4. The average Bonchev–Trinajstić information content (AvgIpc) is 3.82. The smallest absolute Gasteiger partial charge is 0.323 e. The van der Waals surface area contributed by atoms with Crippen LogP contribution in [-0.2, 0) is 15.9 Å². The lowest BCUT2D eigenvalue weighted by Crippen LogP contribution is -2.45. The first kappa shape index (κ1) is 30.6. The van der Waals surface area contributed by atoms with Crippen LogP contribution in [0.3, 0.4) is 0 Å². The fourth-order valence-corrected chi connectivity index (χ4v) is 6.03. The van der Waals surface area contributed by atoms with Crippen molar-refractivity contribution in [1.29, 1.82) is 0 Å². The Morgan fingerprint density at radius 2 is 1.82 bits per heavy atom. The van der Waals surface area contributed by atoms with Gasteiger partial charge in [-0.1, -0.05) is 66.9 Å². The van der Waals surface area contributed by atoms with E-state index in [-0.39, 0.29) is 24.5 Å². The number of aromatic nitrogens is 2. The van der Waals surface area contributed by atoms with Gasteiger partial charge in [-0.2, -0.15) is 0 Å². The number of likely N-dealkylation sites (tertiary alicyclic amines) is 1. The number of carbonyl (C=O) groups excluding carboxylic acids is 2. The second-order valence-electron chi connectivity index (χ2n) is 11.9. The zero-order valence-electron chi connectivity index (χ0n) is 24.5. The maximum Gasteiger partial charge on any atom is 0.323 e. The normalized spacial score (nSPS) is 20.8. The lowest BCUT2D eigenvalue weighted by atomic mass is 9.82. The molecular weight excluding hydrogens is 595 g/mol. The van der Waals surface area contributed by atoms with Crippen LogP contribution < -0.4 is 16.4 Å². The van der Waals surface area contributed by atoms with Crippen molar-refractivity contribution in [2.24, 2.45) is 11.7 Å². The molecule has 1 aliphatic carbocycles. The van der Waals surface area contributed by atoms with Gasteiger partial charge in [0.1, 0.15) is 23.3 Å². The molecule has 3 heterocycles. The Balaban J connectivity index is 1.29. The van der Waals surface area contributed by atoms with E-state index in [1.165, 1.54) is 29.3 Å². The van der Waals surface area contributed by atoms with Gasteiger partial charge in [-0.05, 0) is 66.3 Å². The van der Waals surface area contributed by atoms with E-state index in [1.807, 2.05) is 24.3 Å². The van der Waals surface area contributed by atoms with Gasteiger partial charge in [-0.25, -0.2) is 14.2 Å². The van der Waals surface area contributed by atoms with Gasteiger partial charge >= 0.3 is 6.03 Å². The number of halogens is 2. The molecule has 3 atom stereocenters. The van der Waals surface area contributed by atoms with Crippen LogP contribution >= 0.6 is 11.6 Å². The van der Waals surface area contributed by atoms with Crippen molar-refractivity contribution in [2.45, 2.75) is 49.3 Å². The number of benzene rings is 2. The van der Waals surface area contributed by atoms with Gasteiger partial charge in [0.25, 0.3) is 0 Å². The van der Waals surface area contributed by atoms with Gasteiger partial charge in [0.15, 0.2) is 0 Å². The fraction of sp³-hybridized carbons (Fsp3) is 0.294. The molecule has 1 unspecified atom stereocenters. The maximum atomic E-state index is 15.3. The molecule has 0 bridgehead atoms. The topological polar surface area (TPSA) is 133 Å². The molecule has 11 heteroatoms. The summed E-state index contributed by atoms with van der Waals surface area (Å²) in [6.07, 6.45) is 6.78. The SMILES string of the molecule is NC(CCC1CC1)(c1ccc(F)c(NC(=O)[C@H]2C[C@](O)(c3ccccc3)CN2C(=O)Nc2ccc(Cl)cn2)c1)c1ccccn1. The van der Waals surface area contributed by atoms with Crippen LogP contribution in [0.25, 0.3) is 0 Å². The van der Waals surface area contributed by atoms with E-state index < -0.39 is 34.9 Å². The minimum absolute atomic E-state index is 0.0791. The number of pyridine rings is 2. The van der Waals surface area contributed by atoms with Crippen molar-refractivity contribution < 1.29 is 19.1 Å². The molecule has 2 fully saturated rings. The van der Waals surface area contributed by atoms with Crippen LogP contribution in [0.4, 0.5) is 20.7 Å². The van der Waals surface area contributed by atoms with Gasteiger partial charge in [0, 0.05) is 18.8 Å². The quantitative estimate of drug-likeness (QED) is 0.185. The molecule has 6 rings (SSSR count). The third kappa shape index (κ3) is 6.68. The van der Waals surface area contributed by atoms with Crippen molar-refractivity contribution in [3.8, 4) is 0 Å². The molecule has 0 spiro atoms. The molecule has 0 radical (unpaired) electrons. The molecule has 232 valence electrons. The van der Waals surface area contributed by atoms with Crippen LogP contribution in [0.15, 0.2) is 91.3 Å². The van der Waals surface area contributed by atoms with Crippen molar-refractivity contribution in [2.75, 3.05) is 17.2 Å². The van der Waals surface area contributed by atoms with E-state index in [1.54, 1.807) is 42.6 Å². The highest BCUT2D eigenvalue weighted by atomic mass is 35.5. The first-order valence-corrected chi connectivity index (χ1v) is 15.3. The number of aliphatic hydroxyl groups is 1. The summed E-state index contributed by atoms with van der Waals surface area (Å²) in [7, 11) is 0. The van der Waals surface area contributed by atoms with Crippen LogP contribution in [0.5, 0.6) is 0 Å². The Hall–Kier alpha value is -4.38. The number of amides is 3. The van der Waals surface area contributed by atoms with Crippen LogP contribution in [0.1, 0.15) is 48.9 Å². The summed E-state index contributed by atoms with van der Waals surface area (Å²) in [5.74, 6) is -0.481. The third-order valence-corrected chi connectivity index (χ3v) is 8.90. The summed E-state index contributed by atoms with van der Waals surface area (Å²) in [6.45, 7) is -0.177. The van der Waals surface area contributed by atoms with Crippen LogP contribution in [0.2, 0.25) is 5.02 Å². The van der Waals surface area contributed by atoms with Gasteiger partial charge in [-0.3, -0.25) is 15.1 Å². The van der Waals surface area contributed by atoms with Crippen molar-refractivity contribution in [3.63, 3.8) is 0 Å². The van der Waals surface area contributed by atoms with Crippen molar-refractivity contribution in [1.82, 2.24) is 14.9 Å². The summed E-state index contributed by atoms with van der Waals surface area (Å²) < 4.78 is 15.3. The first-order valence-electron chi connectivity index (χ1n) is 14.9. The second-order valence-corrected chi connectivity index (χ2v) is 12.3. The van der Waals surface area contributed by atoms with E-state index >= 15 is 4.39 Å². The predicted octanol–water partition coefficient (Wildman–Crippen LogP) is 5.79. The summed E-state index contributed by atoms with van der Waals surface area (Å²) in [5, 5.41) is 17.4. The number of carbonyl (C=O) groups is 2. The van der Waals surface area contributed by atoms with Gasteiger partial charge in [0.2, 0.25) is 5.91 Å². The summed E-state index contributed by atoms with van der Waals surface area (Å²) in [5.41, 5.74) is 6.22. The van der Waals surface area contributed by atoms with E-state index in [4.69, 9.17) is 17.3 Å². The molecule has 3 amide bonds. The molecule has 1 aliphatic heterocycles. The summed E-state index contributed by atoms with van der Waals surface area (Å²) in [4.78, 5) is 37.2. The number of nitrogens with one attached hydrogen (secondary N) is 2. The van der Waals surface area contributed by atoms with Gasteiger partial charge in [0.05, 0.1) is 28.5 Å². The standard InChI is InChI=1S/C34H34ClFN6O3/c35-25-12-14-30(39-20-25)41-32(44)42-21-33(45,23-6-2-1-3-7-23)19-28(42)31(43)40-27-18-24(11-13-26(27)36)34(37,16-15-22-9-10-22)29-8-4-5-17-38-29/h1-8,11-14,17-18,20,22,28,45H,9-10,15-16,19,21,37H2,(H,40,43)(H,39,41,44)/t28-,33-,34?/m1/s1. The van der Waals surface area contributed by atoms with Crippen molar-refractivity contribution in [3.05, 3.63) is 119 Å². The Morgan fingerprint density at radius 3 is 2.51 bits per heavy atom. The number of nitrogens with two attached hydrogens (primary N) is 1. The number of nitrogens with zero attached hydrogens (tertiary/aromatic N) is 3. The van der Waals surface area contributed by atoms with E-state index in [0.717, 1.165) is 19.3 Å². The largest absolute Gasteiger partial charge is 0.383 e. The average molecular weight is 629 g/mol. The Morgan fingerprint density at radius 1 is 1.04 bits per heavy atom.